The average Bonchev–Trinajstić information content (AvgIpc) is 3.62. The number of amides is 2. The van der Waals surface area contributed by atoms with Gasteiger partial charge >= 0.3 is 0 Å². The molecule has 3 heterocycles. The van der Waals surface area contributed by atoms with Crippen molar-refractivity contribution in [2.45, 2.75) is 41.2 Å². The van der Waals surface area contributed by atoms with E-state index in [0.29, 0.717) is 23.6 Å². The van der Waals surface area contributed by atoms with Crippen LogP contribution in [0, 0.1) is 5.82 Å². The minimum atomic E-state index is -1.25. The quantitative estimate of drug-likeness (QED) is 0.277. The summed E-state index contributed by atoms with van der Waals surface area (Å²) in [5.74, 6) is -0.999. The fraction of sp³-hybridized carbons (Fsp3) is 0.267. The van der Waals surface area contributed by atoms with E-state index < -0.39 is 22.7 Å². The summed E-state index contributed by atoms with van der Waals surface area (Å²) in [5, 5.41) is 11.7. The van der Waals surface area contributed by atoms with Crippen molar-refractivity contribution in [2.75, 3.05) is 13.1 Å². The van der Waals surface area contributed by atoms with Crippen molar-refractivity contribution in [3.05, 3.63) is 99.9 Å². The van der Waals surface area contributed by atoms with Gasteiger partial charge in [-0.2, -0.15) is 0 Å². The van der Waals surface area contributed by atoms with Crippen LogP contribution in [0.15, 0.2) is 77.8 Å². The zero-order chi connectivity index (χ0) is 28.0. The van der Waals surface area contributed by atoms with Crippen LogP contribution in [0.2, 0.25) is 10.0 Å². The number of likely N-dealkylation sites (tertiary alicyclic amines) is 2. The Morgan fingerprint density at radius 2 is 1.93 bits per heavy atom. The van der Waals surface area contributed by atoms with Gasteiger partial charge in [0.15, 0.2) is 0 Å². The van der Waals surface area contributed by atoms with Crippen molar-refractivity contribution < 1.29 is 19.1 Å². The topological polar surface area (TPSA) is 76.6 Å². The molecule has 10 heteroatoms. The predicted octanol–water partition coefficient (Wildman–Crippen LogP) is 6.21. The number of β-amino-alcohol motifs (C(OH)–C–C–N with tert-alkyl or cyclic N) is 1. The molecule has 40 heavy (non-hydrogen) atoms. The van der Waals surface area contributed by atoms with E-state index in [2.05, 4.69) is 4.98 Å². The number of hydrogen-bond acceptors (Lipinski definition) is 4. The van der Waals surface area contributed by atoms with Crippen molar-refractivity contribution in [1.29, 1.82) is 0 Å². The first-order chi connectivity index (χ1) is 19.2. The van der Waals surface area contributed by atoms with E-state index in [0.717, 1.165) is 21.4 Å². The molecular weight excluding hydrogens is 572 g/mol. The summed E-state index contributed by atoms with van der Waals surface area (Å²) in [4.78, 5) is 36.0. The Morgan fingerprint density at radius 1 is 1.12 bits per heavy atom. The number of carbonyl (C=O) groups is 2. The van der Waals surface area contributed by atoms with E-state index in [1.54, 1.807) is 28.0 Å². The highest BCUT2D eigenvalue weighted by Crippen LogP contribution is 2.55. The number of hydrogen-bond donors (Lipinski definition) is 2. The van der Waals surface area contributed by atoms with E-state index in [4.69, 9.17) is 23.2 Å². The second-order valence-electron chi connectivity index (χ2n) is 10.3. The number of fused-ring (bicyclic) bond motifs is 1. The number of nitrogens with zero attached hydrogens (tertiary/aromatic N) is 2. The predicted molar refractivity (Wildman–Crippen MR) is 155 cm³/mol. The van der Waals surface area contributed by atoms with Gasteiger partial charge in [0.2, 0.25) is 11.8 Å². The van der Waals surface area contributed by atoms with Crippen LogP contribution in [-0.2, 0) is 16.1 Å². The number of aliphatic hydroxyl groups excluding tert-OH is 1. The number of halogens is 3. The smallest absolute Gasteiger partial charge is 0.242 e. The molecule has 4 aromatic rings. The third-order valence-electron chi connectivity index (χ3n) is 7.65. The monoisotopic (exact) mass is 597 g/mol. The number of H-pyrrole nitrogens is 1. The fourth-order valence-electron chi connectivity index (χ4n) is 5.82. The van der Waals surface area contributed by atoms with Crippen LogP contribution in [0.3, 0.4) is 0 Å². The Hall–Kier alpha value is -3.04. The van der Waals surface area contributed by atoms with Crippen molar-refractivity contribution in [3.8, 4) is 0 Å². The molecule has 3 atom stereocenters. The number of aromatic amines is 1. The van der Waals surface area contributed by atoms with Crippen molar-refractivity contribution in [3.63, 3.8) is 0 Å². The molecule has 206 valence electrons. The number of benzene rings is 3. The second kappa shape index (κ2) is 10.7. The average molecular weight is 599 g/mol. The molecule has 2 saturated heterocycles. The van der Waals surface area contributed by atoms with Crippen LogP contribution < -0.4 is 0 Å². The lowest BCUT2D eigenvalue weighted by atomic mass is 9.90. The first-order valence-electron chi connectivity index (χ1n) is 13.0. The summed E-state index contributed by atoms with van der Waals surface area (Å²) < 4.78 is 13.2. The molecular formula is C30H26Cl2FN3O3S. The molecule has 2 amide bonds. The summed E-state index contributed by atoms with van der Waals surface area (Å²) in [6.07, 6.45) is 1.64. The molecule has 2 N–H and O–H groups in total. The van der Waals surface area contributed by atoms with Gasteiger partial charge in [-0.15, -0.1) is 11.8 Å². The fourth-order valence-corrected chi connectivity index (χ4v) is 7.60. The highest BCUT2D eigenvalue weighted by atomic mass is 35.5. The van der Waals surface area contributed by atoms with Gasteiger partial charge in [0.1, 0.15) is 10.6 Å². The highest BCUT2D eigenvalue weighted by molar-refractivity contribution is 8.01. The van der Waals surface area contributed by atoms with Crippen LogP contribution in [0.25, 0.3) is 10.9 Å². The first kappa shape index (κ1) is 27.1. The van der Waals surface area contributed by atoms with Crippen molar-refractivity contribution in [2.24, 2.45) is 0 Å². The SMILES string of the molecule is O=C1C[C@@](Sc2ccccc2)(C(=O)N2CC[C@H](O)C2)[C@H](c2c[nH]c3cc(Cl)ccc23)N1Cc1ccc(Cl)c(F)c1. The highest BCUT2D eigenvalue weighted by Gasteiger charge is 2.60. The number of nitrogens with one attached hydrogen (secondary N) is 1. The summed E-state index contributed by atoms with van der Waals surface area (Å²) in [6.45, 7) is 0.706. The van der Waals surface area contributed by atoms with Gasteiger partial charge in [0.05, 0.1) is 23.6 Å². The third-order valence-corrected chi connectivity index (χ3v) is 9.61. The maximum absolute atomic E-state index is 14.6. The lowest BCUT2D eigenvalue weighted by molar-refractivity contribution is -0.134. The summed E-state index contributed by atoms with van der Waals surface area (Å²) in [6, 6.07) is 18.8. The Bertz CT molecular complexity index is 1600. The third kappa shape index (κ3) is 4.87. The molecule has 3 aromatic carbocycles. The van der Waals surface area contributed by atoms with Crippen LogP contribution in [0.4, 0.5) is 4.39 Å². The van der Waals surface area contributed by atoms with Gasteiger partial charge in [-0.1, -0.05) is 53.5 Å². The van der Waals surface area contributed by atoms with Gasteiger partial charge < -0.3 is 19.9 Å². The number of aliphatic hydroxyl groups is 1. The number of rotatable bonds is 6. The van der Waals surface area contributed by atoms with Crippen LogP contribution >= 0.6 is 35.0 Å². The zero-order valence-corrected chi connectivity index (χ0v) is 23.6. The van der Waals surface area contributed by atoms with E-state index in [1.807, 2.05) is 42.6 Å². The number of aromatic nitrogens is 1. The van der Waals surface area contributed by atoms with Crippen molar-refractivity contribution in [1.82, 2.24) is 14.8 Å². The van der Waals surface area contributed by atoms with Crippen LogP contribution in [0.1, 0.15) is 30.0 Å². The van der Waals surface area contributed by atoms with E-state index in [9.17, 15) is 19.1 Å². The molecule has 1 aromatic heterocycles. The lowest BCUT2D eigenvalue weighted by Gasteiger charge is -2.38. The molecule has 6 nitrogen and oxygen atoms in total. The van der Waals surface area contributed by atoms with Crippen molar-refractivity contribution >= 4 is 57.7 Å². The first-order valence-corrected chi connectivity index (χ1v) is 14.5. The molecule has 6 rings (SSSR count). The molecule has 0 unspecified atom stereocenters. The summed E-state index contributed by atoms with van der Waals surface area (Å²) >= 11 is 13.6. The molecule has 0 saturated carbocycles. The molecule has 0 aliphatic carbocycles. The van der Waals surface area contributed by atoms with E-state index in [1.165, 1.54) is 23.9 Å². The number of carbonyl (C=O) groups excluding carboxylic acids is 2. The molecule has 0 spiro atoms. The minimum Gasteiger partial charge on any atom is -0.391 e. The Labute approximate surface area is 245 Å². The van der Waals surface area contributed by atoms with Gasteiger partial charge in [-0.05, 0) is 48.4 Å². The van der Waals surface area contributed by atoms with E-state index >= 15 is 0 Å². The van der Waals surface area contributed by atoms with Gasteiger partial charge in [-0.3, -0.25) is 9.59 Å². The second-order valence-corrected chi connectivity index (χ2v) is 12.5. The van der Waals surface area contributed by atoms with Gasteiger partial charge in [0.25, 0.3) is 0 Å². The Balaban J connectivity index is 1.53. The largest absolute Gasteiger partial charge is 0.391 e. The van der Waals surface area contributed by atoms with Crippen LogP contribution in [0.5, 0.6) is 0 Å². The van der Waals surface area contributed by atoms with E-state index in [-0.39, 0.29) is 36.3 Å². The summed E-state index contributed by atoms with van der Waals surface area (Å²) in [5.41, 5.74) is 2.11. The van der Waals surface area contributed by atoms with Gasteiger partial charge in [-0.25, -0.2) is 4.39 Å². The molecule has 2 aliphatic heterocycles. The minimum absolute atomic E-state index is 0.00157. The Morgan fingerprint density at radius 3 is 2.65 bits per heavy atom. The molecule has 2 fully saturated rings. The van der Waals surface area contributed by atoms with Crippen LogP contribution in [-0.4, -0.2) is 55.6 Å². The maximum Gasteiger partial charge on any atom is 0.242 e. The normalized spacial score (nSPS) is 22.9. The standard InChI is InChI=1S/C30H26Cl2FN3O3S/c31-19-7-8-22-23(15-34-26(22)13-19)28-30(40-21-4-2-1-3-5-21,29(39)35-11-10-20(37)17-35)14-27(38)36(28)16-18-6-9-24(32)25(33)12-18/h1-9,12-13,15,20,28,34,37H,10-11,14,16-17H2/t20-,28-,30-/m0/s1. The Kier molecular flexibility index (Phi) is 7.29. The maximum atomic E-state index is 14.6. The molecule has 0 bridgehead atoms. The zero-order valence-electron chi connectivity index (χ0n) is 21.3. The molecule has 2 aliphatic rings. The summed E-state index contributed by atoms with van der Waals surface area (Å²) in [7, 11) is 0. The molecule has 0 radical (unpaired) electrons. The van der Waals surface area contributed by atoms with Gasteiger partial charge in [0, 0.05) is 52.2 Å². The lowest BCUT2D eigenvalue weighted by Crippen LogP contribution is -2.49. The number of thioether (sulfide) groups is 1.